The summed E-state index contributed by atoms with van der Waals surface area (Å²) in [6.07, 6.45) is 0.812. The molecule has 0 bridgehead atoms. The molecule has 2 aromatic rings. The van der Waals surface area contributed by atoms with Crippen LogP contribution in [-0.4, -0.2) is 23.8 Å². The molecule has 0 aliphatic carbocycles. The van der Waals surface area contributed by atoms with Crippen molar-refractivity contribution in [1.29, 1.82) is 0 Å². The van der Waals surface area contributed by atoms with Crippen LogP contribution in [0.25, 0.3) is 0 Å². The van der Waals surface area contributed by atoms with Crippen LogP contribution in [0.4, 0.5) is 0 Å². The van der Waals surface area contributed by atoms with Gasteiger partial charge in [-0.1, -0.05) is 18.2 Å². The Labute approximate surface area is 122 Å². The van der Waals surface area contributed by atoms with Crippen molar-refractivity contribution in [3.63, 3.8) is 0 Å². The lowest BCUT2D eigenvalue weighted by molar-refractivity contribution is 0.373. The molecule has 20 heavy (non-hydrogen) atoms. The van der Waals surface area contributed by atoms with E-state index in [1.807, 2.05) is 12.1 Å². The van der Waals surface area contributed by atoms with Crippen LogP contribution >= 0.6 is 0 Å². The fourth-order valence-electron chi connectivity index (χ4n) is 1.89. The van der Waals surface area contributed by atoms with E-state index in [9.17, 15) is 10.2 Å². The van der Waals surface area contributed by atoms with Crippen LogP contribution in [0.2, 0.25) is 0 Å². The smallest absolute Gasteiger partial charge is 0.160 e. The molecule has 106 valence electrons. The zero-order chi connectivity index (χ0) is 16.9. The van der Waals surface area contributed by atoms with Crippen molar-refractivity contribution in [2.24, 2.45) is 0 Å². The number of ether oxygens (including phenoxy) is 1. The van der Waals surface area contributed by atoms with Crippen LogP contribution in [0.3, 0.4) is 0 Å². The highest BCUT2D eigenvalue weighted by molar-refractivity contribution is 5.41. The molecule has 0 saturated carbocycles. The molecule has 0 spiro atoms. The normalized spacial score (nSPS) is 13.3. The summed E-state index contributed by atoms with van der Waals surface area (Å²) in [6.45, 7) is 1.28. The highest BCUT2D eigenvalue weighted by Gasteiger charge is 2.02. The van der Waals surface area contributed by atoms with Crippen LogP contribution in [0.1, 0.15) is 15.2 Å². The van der Waals surface area contributed by atoms with Crippen molar-refractivity contribution in [1.82, 2.24) is 5.32 Å². The zero-order valence-corrected chi connectivity index (χ0v) is 11.0. The topological polar surface area (TPSA) is 61.7 Å². The summed E-state index contributed by atoms with van der Waals surface area (Å²) in [5.41, 5.74) is 1.94. The van der Waals surface area contributed by atoms with Crippen molar-refractivity contribution in [3.05, 3.63) is 53.6 Å². The third kappa shape index (κ3) is 3.90. The molecule has 0 radical (unpaired) electrons. The van der Waals surface area contributed by atoms with E-state index in [2.05, 4.69) is 10.1 Å². The van der Waals surface area contributed by atoms with Gasteiger partial charge in [0, 0.05) is 6.54 Å². The predicted octanol–water partition coefficient (Wildman–Crippen LogP) is 2.44. The molecule has 0 fully saturated rings. The molecular weight excluding hydrogens is 254 g/mol. The Morgan fingerprint density at radius 1 is 1.10 bits per heavy atom. The van der Waals surface area contributed by atoms with Gasteiger partial charge in [0.15, 0.2) is 11.5 Å². The maximum atomic E-state index is 9.79. The number of rotatable bonds is 6. The Bertz CT molecular complexity index is 642. The van der Waals surface area contributed by atoms with E-state index >= 15 is 0 Å². The molecule has 0 aliphatic rings. The van der Waals surface area contributed by atoms with Gasteiger partial charge < -0.3 is 20.3 Å². The number of methoxy groups -OCH3 is 1. The second kappa shape index (κ2) is 6.82. The third-order valence-electron chi connectivity index (χ3n) is 2.99. The second-order valence-corrected chi connectivity index (χ2v) is 4.50. The van der Waals surface area contributed by atoms with Crippen molar-refractivity contribution in [3.8, 4) is 17.2 Å². The van der Waals surface area contributed by atoms with Gasteiger partial charge in [0.05, 0.1) is 11.2 Å². The summed E-state index contributed by atoms with van der Waals surface area (Å²) in [6, 6.07) is 11.7. The number of nitrogens with one attached hydrogen (secondary N) is 1. The third-order valence-corrected chi connectivity index (χ3v) is 2.99. The summed E-state index contributed by atoms with van der Waals surface area (Å²) in [7, 11) is -2.58. The minimum absolute atomic E-state index is 0.0576. The lowest BCUT2D eigenvalue weighted by Crippen LogP contribution is -2.16. The quantitative estimate of drug-likeness (QED) is 0.709. The fourth-order valence-corrected chi connectivity index (χ4v) is 1.89. The molecular formula is C16H19NO3. The Kier molecular flexibility index (Phi) is 3.60. The average molecular weight is 276 g/mol. The number of hydrogen-bond acceptors (Lipinski definition) is 4. The van der Waals surface area contributed by atoms with Crippen LogP contribution in [0.5, 0.6) is 17.2 Å². The second-order valence-electron chi connectivity index (χ2n) is 4.50. The van der Waals surface area contributed by atoms with Crippen molar-refractivity contribution in [2.45, 2.75) is 13.0 Å². The summed E-state index contributed by atoms with van der Waals surface area (Å²) < 4.78 is 25.8. The van der Waals surface area contributed by atoms with Gasteiger partial charge in [-0.05, 0) is 48.4 Å². The lowest BCUT2D eigenvalue weighted by atomic mass is 10.1. The first-order valence-electron chi connectivity index (χ1n) is 7.83. The van der Waals surface area contributed by atoms with Gasteiger partial charge in [-0.15, -0.1) is 0 Å². The molecule has 4 nitrogen and oxygen atoms in total. The number of hydrogen-bond donors (Lipinski definition) is 3. The molecule has 3 N–H and O–H groups in total. The van der Waals surface area contributed by atoms with E-state index in [4.69, 9.17) is 4.11 Å². The Morgan fingerprint density at radius 3 is 2.55 bits per heavy atom. The van der Waals surface area contributed by atoms with E-state index in [-0.39, 0.29) is 17.2 Å². The predicted molar refractivity (Wildman–Crippen MR) is 78.2 cm³/mol. The lowest BCUT2D eigenvalue weighted by Gasteiger charge is -2.08. The van der Waals surface area contributed by atoms with Gasteiger partial charge in [-0.3, -0.25) is 0 Å². The Hall–Kier alpha value is -2.20. The van der Waals surface area contributed by atoms with Crippen molar-refractivity contribution in [2.75, 3.05) is 13.6 Å². The molecule has 0 aromatic heterocycles. The van der Waals surface area contributed by atoms with E-state index in [1.54, 1.807) is 18.2 Å². The molecule has 0 amide bonds. The molecule has 0 atom stereocenters. The highest BCUT2D eigenvalue weighted by atomic mass is 16.5. The molecule has 2 aromatic carbocycles. The van der Waals surface area contributed by atoms with Crippen LogP contribution in [0.15, 0.2) is 42.5 Å². The van der Waals surface area contributed by atoms with Crippen LogP contribution in [0, 0.1) is 0 Å². The Morgan fingerprint density at radius 2 is 1.85 bits per heavy atom. The maximum absolute atomic E-state index is 9.79. The van der Waals surface area contributed by atoms with Gasteiger partial charge in [-0.25, -0.2) is 0 Å². The number of benzene rings is 2. The number of aromatic hydroxyl groups is 2. The Balaban J connectivity index is 1.82. The first kappa shape index (κ1) is 10.6. The van der Waals surface area contributed by atoms with Gasteiger partial charge in [-0.2, -0.15) is 0 Å². The van der Waals surface area contributed by atoms with Crippen LogP contribution < -0.4 is 10.1 Å². The molecule has 4 heteroatoms. The number of phenols is 2. The summed E-state index contributed by atoms with van der Waals surface area (Å²) in [5.74, 6) is -0.00615. The first-order chi connectivity index (χ1) is 10.8. The maximum Gasteiger partial charge on any atom is 0.160 e. The van der Waals surface area contributed by atoms with E-state index in [1.165, 1.54) is 12.1 Å². The standard InChI is InChI=1S/C16H19NO3/c1-20-16-7-4-13(10-15(16)19)11-17-9-8-12-2-5-14(18)6-3-12/h2-7,10,17-19H,8-9,11H2,1H3/i1D3. The average Bonchev–Trinajstić information content (AvgIpc) is 2.47. The molecule has 0 saturated heterocycles. The summed E-state index contributed by atoms with van der Waals surface area (Å²) >= 11 is 0. The molecule has 0 heterocycles. The molecule has 0 aliphatic heterocycles. The van der Waals surface area contributed by atoms with E-state index in [0.717, 1.165) is 24.1 Å². The van der Waals surface area contributed by atoms with E-state index in [0.29, 0.717) is 6.54 Å². The van der Waals surface area contributed by atoms with E-state index < -0.39 is 7.04 Å². The molecule has 0 unspecified atom stereocenters. The largest absolute Gasteiger partial charge is 0.508 e. The summed E-state index contributed by atoms with van der Waals surface area (Å²) in [5, 5.41) is 22.2. The van der Waals surface area contributed by atoms with Crippen molar-refractivity contribution < 1.29 is 19.1 Å². The van der Waals surface area contributed by atoms with Gasteiger partial charge >= 0.3 is 0 Å². The van der Waals surface area contributed by atoms with Crippen LogP contribution in [-0.2, 0) is 13.0 Å². The fraction of sp³-hybridized carbons (Fsp3) is 0.250. The van der Waals surface area contributed by atoms with Gasteiger partial charge in [0.2, 0.25) is 0 Å². The zero-order valence-electron chi connectivity index (χ0n) is 14.0. The SMILES string of the molecule is [2H]C([2H])([2H])Oc1ccc(CNCCc2ccc(O)cc2)cc1O. The monoisotopic (exact) mass is 276 g/mol. The number of phenolic OH excluding ortho intramolecular Hbond substituents is 2. The molecule has 2 rings (SSSR count). The summed E-state index contributed by atoms with van der Waals surface area (Å²) in [4.78, 5) is 0. The van der Waals surface area contributed by atoms with Crippen molar-refractivity contribution >= 4 is 0 Å². The minimum Gasteiger partial charge on any atom is -0.508 e. The highest BCUT2D eigenvalue weighted by Crippen LogP contribution is 2.25. The minimum atomic E-state index is -2.58. The van der Waals surface area contributed by atoms with Gasteiger partial charge in [0.1, 0.15) is 5.75 Å². The van der Waals surface area contributed by atoms with Gasteiger partial charge in [0.25, 0.3) is 0 Å². The first-order valence-corrected chi connectivity index (χ1v) is 6.33.